The van der Waals surface area contributed by atoms with E-state index in [1.54, 1.807) is 0 Å². The van der Waals surface area contributed by atoms with Crippen molar-refractivity contribution >= 4 is 46.1 Å². The Kier molecular flexibility index (Phi) is 7.00. The Hall–Kier alpha value is -0.546. The van der Waals surface area contributed by atoms with Gasteiger partial charge in [0, 0.05) is 8.80 Å². The molecule has 0 saturated heterocycles. The van der Waals surface area contributed by atoms with E-state index in [4.69, 9.17) is 23.2 Å². The molecule has 1 aromatic carbocycles. The smallest absolute Gasteiger partial charge is 0.113 e. The molecule has 0 amide bonds. The molecule has 3 rings (SSSR count). The summed E-state index contributed by atoms with van der Waals surface area (Å²) in [5.41, 5.74) is 9.49. The van der Waals surface area contributed by atoms with Crippen molar-refractivity contribution in [2.24, 2.45) is 5.41 Å². The van der Waals surface area contributed by atoms with Gasteiger partial charge in [0.15, 0.2) is 0 Å². The predicted molar refractivity (Wildman–Crippen MR) is 150 cm³/mol. The van der Waals surface area contributed by atoms with Crippen LogP contribution in [0.25, 0.3) is 6.08 Å². The van der Waals surface area contributed by atoms with Crippen LogP contribution >= 0.6 is 23.2 Å². The molecule has 2 aliphatic carbocycles. The van der Waals surface area contributed by atoms with Crippen LogP contribution in [0.3, 0.4) is 0 Å². The van der Waals surface area contributed by atoms with Crippen molar-refractivity contribution in [3.63, 3.8) is 0 Å². The first-order valence-electron chi connectivity index (χ1n) is 11.9. The highest BCUT2D eigenvalue weighted by Crippen LogP contribution is 2.64. The van der Waals surface area contributed by atoms with Crippen molar-refractivity contribution in [2.45, 2.75) is 95.6 Å². The van der Waals surface area contributed by atoms with Gasteiger partial charge < -0.3 is 0 Å². The third kappa shape index (κ3) is 3.78. The maximum atomic E-state index is 8.13. The van der Waals surface area contributed by atoms with Crippen LogP contribution in [0, 0.1) is 5.41 Å². The number of alkyl halides is 2. The fourth-order valence-corrected chi connectivity index (χ4v) is 16.0. The summed E-state index contributed by atoms with van der Waals surface area (Å²) in [6.07, 6.45) is 3.48. The minimum Gasteiger partial charge on any atom is -0.113 e. The van der Waals surface area contributed by atoms with Crippen LogP contribution in [0.4, 0.5) is 0 Å². The quantitative estimate of drug-likeness (QED) is 0.267. The number of allylic oxidation sites excluding steroid dienone is 5. The zero-order valence-electron chi connectivity index (χ0n) is 21.8. The lowest BCUT2D eigenvalue weighted by Gasteiger charge is -2.55. The van der Waals surface area contributed by atoms with E-state index in [1.165, 1.54) is 45.0 Å². The molecule has 0 aromatic heterocycles. The summed E-state index contributed by atoms with van der Waals surface area (Å²) in [5.74, 6) is 0. The van der Waals surface area contributed by atoms with E-state index in [-0.39, 0.29) is 14.2 Å². The largest absolute Gasteiger partial charge is 0.120 e. The number of halogens is 2. The highest BCUT2D eigenvalue weighted by molar-refractivity contribution is 6.97. The van der Waals surface area contributed by atoms with Gasteiger partial charge >= 0.3 is 0 Å². The van der Waals surface area contributed by atoms with Gasteiger partial charge in [0.05, 0.1) is 8.99 Å². The molecule has 32 heavy (non-hydrogen) atoms. The Morgan fingerprint density at radius 3 is 1.94 bits per heavy atom. The molecule has 2 aliphatic rings. The molecule has 2 unspecified atom stereocenters. The summed E-state index contributed by atoms with van der Waals surface area (Å²) in [6, 6.07) is 11.1. The average Bonchev–Trinajstić information content (AvgIpc) is 3.08. The summed E-state index contributed by atoms with van der Waals surface area (Å²) in [6.45, 7) is 23.4. The summed E-state index contributed by atoms with van der Waals surface area (Å²) in [7, 11) is -2.85. The number of rotatable bonds is 6. The topological polar surface area (TPSA) is 0 Å². The molecular weight excluding hydrogens is 463 g/mol. The maximum Gasteiger partial charge on any atom is 0.120 e. The van der Waals surface area contributed by atoms with Crippen LogP contribution in [0.15, 0.2) is 52.1 Å². The standard InChI is InChI=1S/C28H41Cl2Si2/c1-19-20(2)22(4)27(29,21(19)3)32(10,18-26(5,6)7)28(30)24(15-16-31(8)9)17-23-13-11-12-14-25(23)28/h11-14,17H,15-16,18H2,1-10H3. The molecule has 1 radical (unpaired) electrons. The molecule has 0 spiro atoms. The lowest BCUT2D eigenvalue weighted by molar-refractivity contribution is 0.453. The lowest BCUT2D eigenvalue weighted by atomic mass is 10.0. The summed E-state index contributed by atoms with van der Waals surface area (Å²) in [5, 5.41) is 0. The molecule has 0 nitrogen and oxygen atoms in total. The van der Waals surface area contributed by atoms with Crippen LogP contribution in [0.2, 0.25) is 31.7 Å². The number of benzene rings is 1. The van der Waals surface area contributed by atoms with E-state index in [2.05, 4.69) is 98.4 Å². The van der Waals surface area contributed by atoms with Gasteiger partial charge in [-0.1, -0.05) is 76.8 Å². The van der Waals surface area contributed by atoms with Crippen LogP contribution in [-0.4, -0.2) is 21.4 Å². The highest BCUT2D eigenvalue weighted by Gasteiger charge is 2.67. The Balaban J connectivity index is 2.35. The van der Waals surface area contributed by atoms with Gasteiger partial charge in [-0.25, -0.2) is 0 Å². The van der Waals surface area contributed by atoms with Gasteiger partial charge in [-0.05, 0) is 84.6 Å². The van der Waals surface area contributed by atoms with Crippen LogP contribution in [0.5, 0.6) is 0 Å². The van der Waals surface area contributed by atoms with Gasteiger partial charge in [0.1, 0.15) is 8.07 Å². The number of hydrogen-bond donors (Lipinski definition) is 0. The molecule has 175 valence electrons. The Labute approximate surface area is 209 Å². The van der Waals surface area contributed by atoms with Crippen molar-refractivity contribution in [2.75, 3.05) is 0 Å². The van der Waals surface area contributed by atoms with Crippen LogP contribution in [0.1, 0.15) is 66.0 Å². The van der Waals surface area contributed by atoms with E-state index in [0.29, 0.717) is 0 Å². The minimum atomic E-state index is -2.51. The first-order chi connectivity index (χ1) is 14.6. The molecule has 0 heterocycles. The first-order valence-corrected chi connectivity index (χ1v) is 18.1. The van der Waals surface area contributed by atoms with Gasteiger partial charge in [0.25, 0.3) is 0 Å². The fraction of sp³-hybridized carbons (Fsp3) is 0.571. The van der Waals surface area contributed by atoms with Crippen molar-refractivity contribution in [3.8, 4) is 0 Å². The van der Waals surface area contributed by atoms with Gasteiger partial charge in [-0.15, -0.1) is 23.2 Å². The fourth-order valence-electron chi connectivity index (χ4n) is 6.41. The second-order valence-electron chi connectivity index (χ2n) is 11.9. The average molecular weight is 505 g/mol. The second kappa shape index (κ2) is 8.59. The first kappa shape index (κ1) is 26.1. The Morgan fingerprint density at radius 2 is 1.44 bits per heavy atom. The molecular formula is C28H41Cl2Si2. The van der Waals surface area contributed by atoms with Crippen LogP contribution in [-0.2, 0) is 4.50 Å². The summed E-state index contributed by atoms with van der Waals surface area (Å²) in [4.78, 5) is 0. The molecule has 2 atom stereocenters. The molecule has 0 saturated carbocycles. The maximum absolute atomic E-state index is 8.13. The van der Waals surface area contributed by atoms with Crippen molar-refractivity contribution in [1.82, 2.24) is 0 Å². The van der Waals surface area contributed by atoms with E-state index < -0.39 is 17.1 Å². The SMILES string of the molecule is CC1=C(C)C(Cl)([Si](C)(CC(C)(C)C)C2(Cl)C(CC[Si](C)C)=Cc3ccccc32)C(C)=C1C. The minimum absolute atomic E-state index is 0.128. The molecule has 0 bridgehead atoms. The number of hydrogen-bond acceptors (Lipinski definition) is 0. The van der Waals surface area contributed by atoms with Gasteiger partial charge in [-0.2, -0.15) is 0 Å². The van der Waals surface area contributed by atoms with Crippen molar-refractivity contribution in [1.29, 1.82) is 0 Å². The zero-order valence-corrected chi connectivity index (χ0v) is 25.3. The Morgan fingerprint density at radius 1 is 0.906 bits per heavy atom. The summed E-state index contributed by atoms with van der Waals surface area (Å²) < 4.78 is -0.998. The van der Waals surface area contributed by atoms with Crippen molar-refractivity contribution < 1.29 is 0 Å². The zero-order chi connectivity index (χ0) is 24.3. The van der Waals surface area contributed by atoms with E-state index in [9.17, 15) is 0 Å². The van der Waals surface area contributed by atoms with E-state index >= 15 is 0 Å². The van der Waals surface area contributed by atoms with Crippen molar-refractivity contribution in [3.05, 3.63) is 63.3 Å². The van der Waals surface area contributed by atoms with Gasteiger partial charge in [-0.3, -0.25) is 0 Å². The molecule has 4 heteroatoms. The monoisotopic (exact) mass is 503 g/mol. The molecule has 0 N–H and O–H groups in total. The van der Waals surface area contributed by atoms with E-state index in [1.807, 2.05) is 0 Å². The number of fused-ring (bicyclic) bond motifs is 1. The third-order valence-electron chi connectivity index (χ3n) is 8.12. The normalized spacial score (nSPS) is 24.8. The predicted octanol–water partition coefficient (Wildman–Crippen LogP) is 9.53. The lowest BCUT2D eigenvalue weighted by Crippen LogP contribution is -2.66. The van der Waals surface area contributed by atoms with E-state index in [0.717, 1.165) is 12.5 Å². The van der Waals surface area contributed by atoms with Gasteiger partial charge in [0.2, 0.25) is 0 Å². The summed E-state index contributed by atoms with van der Waals surface area (Å²) >= 11 is 16.1. The third-order valence-corrected chi connectivity index (χ3v) is 19.0. The molecule has 0 fully saturated rings. The molecule has 1 aromatic rings. The van der Waals surface area contributed by atoms with Crippen LogP contribution < -0.4 is 0 Å². The highest BCUT2D eigenvalue weighted by atomic mass is 35.5. The Bertz CT molecular complexity index is 985. The second-order valence-corrected chi connectivity index (χ2v) is 21.1. The molecule has 0 aliphatic heterocycles.